The average molecular weight is 371 g/mol. The van der Waals surface area contributed by atoms with Crippen LogP contribution >= 0.6 is 0 Å². The summed E-state index contributed by atoms with van der Waals surface area (Å²) >= 11 is 0. The molecule has 0 saturated heterocycles. The number of benzene rings is 2. The highest BCUT2D eigenvalue weighted by Gasteiger charge is 2.09. The summed E-state index contributed by atoms with van der Waals surface area (Å²) in [5.74, 6) is 1.98. The van der Waals surface area contributed by atoms with E-state index in [9.17, 15) is 4.79 Å². The van der Waals surface area contributed by atoms with Crippen LogP contribution in [0.3, 0.4) is 0 Å². The number of urea groups is 1. The molecule has 0 aliphatic carbocycles. The number of hydrogen-bond donors (Lipinski definition) is 2. The number of aryl methyl sites for hydroxylation is 2. The number of primary amides is 1. The van der Waals surface area contributed by atoms with E-state index in [0.717, 1.165) is 5.75 Å². The first-order valence-corrected chi connectivity index (χ1v) is 8.59. The van der Waals surface area contributed by atoms with Gasteiger partial charge in [-0.2, -0.15) is 5.10 Å². The number of hydrogen-bond acceptors (Lipinski definition) is 5. The molecule has 0 fully saturated rings. The number of hydrazone groups is 1. The number of carbonyl (C=O) groups excluding carboxylic acids is 1. The predicted octanol–water partition coefficient (Wildman–Crippen LogP) is 3.16. The fourth-order valence-corrected chi connectivity index (χ4v) is 2.55. The summed E-state index contributed by atoms with van der Waals surface area (Å²) in [4.78, 5) is 10.7. The Balaban J connectivity index is 1.92. The maximum Gasteiger partial charge on any atom is 0.332 e. The van der Waals surface area contributed by atoms with Crippen molar-refractivity contribution in [2.45, 2.75) is 20.3 Å². The monoisotopic (exact) mass is 371 g/mol. The Bertz CT molecular complexity index is 786. The number of nitrogens with one attached hydrogen (secondary N) is 1. The van der Waals surface area contributed by atoms with E-state index in [4.69, 9.17) is 19.9 Å². The molecule has 2 rings (SSSR count). The molecule has 0 saturated carbocycles. The Labute approximate surface area is 159 Å². The number of ether oxygens (including phenoxy) is 3. The first-order chi connectivity index (χ1) is 13.0. The van der Waals surface area contributed by atoms with E-state index >= 15 is 0 Å². The van der Waals surface area contributed by atoms with Crippen LogP contribution in [-0.4, -0.2) is 32.6 Å². The van der Waals surface area contributed by atoms with Gasteiger partial charge in [0.2, 0.25) is 0 Å². The van der Waals surface area contributed by atoms with Crippen LogP contribution < -0.4 is 25.4 Å². The molecule has 0 bridgehead atoms. The van der Waals surface area contributed by atoms with Crippen molar-refractivity contribution in [3.8, 4) is 17.2 Å². The summed E-state index contributed by atoms with van der Waals surface area (Å²) in [6.07, 6.45) is 2.15. The quantitative estimate of drug-likeness (QED) is 0.402. The van der Waals surface area contributed by atoms with Gasteiger partial charge in [0, 0.05) is 12.0 Å². The molecule has 3 N–H and O–H groups in total. The number of para-hydroxylation sites is 1. The summed E-state index contributed by atoms with van der Waals surface area (Å²) in [6.45, 7) is 5.06. The highest BCUT2D eigenvalue weighted by atomic mass is 16.5. The molecular weight excluding hydrogens is 346 g/mol. The molecule has 2 amide bonds. The van der Waals surface area contributed by atoms with Crippen LogP contribution in [0.4, 0.5) is 4.79 Å². The van der Waals surface area contributed by atoms with Gasteiger partial charge in [-0.1, -0.05) is 12.1 Å². The number of rotatable bonds is 9. The Morgan fingerprint density at radius 2 is 1.85 bits per heavy atom. The molecule has 0 aliphatic rings. The summed E-state index contributed by atoms with van der Waals surface area (Å²) in [5.41, 5.74) is 10.2. The molecule has 0 unspecified atom stereocenters. The van der Waals surface area contributed by atoms with Crippen LogP contribution in [0.2, 0.25) is 0 Å². The van der Waals surface area contributed by atoms with Gasteiger partial charge in [0.05, 0.1) is 26.5 Å². The molecule has 144 valence electrons. The molecule has 7 heteroatoms. The van der Waals surface area contributed by atoms with Gasteiger partial charge in [0.1, 0.15) is 5.75 Å². The normalized spacial score (nSPS) is 10.6. The third-order valence-corrected chi connectivity index (χ3v) is 3.61. The van der Waals surface area contributed by atoms with Gasteiger partial charge in [-0.25, -0.2) is 10.2 Å². The van der Waals surface area contributed by atoms with Crippen molar-refractivity contribution >= 4 is 12.2 Å². The number of nitrogens with zero attached hydrogens (tertiary/aromatic N) is 1. The van der Waals surface area contributed by atoms with Gasteiger partial charge < -0.3 is 19.9 Å². The van der Waals surface area contributed by atoms with E-state index in [1.54, 1.807) is 25.3 Å². The second kappa shape index (κ2) is 10.1. The number of carbonyl (C=O) groups is 1. The van der Waals surface area contributed by atoms with Crippen molar-refractivity contribution in [3.63, 3.8) is 0 Å². The van der Waals surface area contributed by atoms with Crippen LogP contribution in [-0.2, 0) is 0 Å². The van der Waals surface area contributed by atoms with Gasteiger partial charge in [0.25, 0.3) is 0 Å². The third kappa shape index (κ3) is 6.54. The van der Waals surface area contributed by atoms with E-state index in [1.807, 2.05) is 26.0 Å². The largest absolute Gasteiger partial charge is 0.493 e. The fourth-order valence-electron chi connectivity index (χ4n) is 2.55. The minimum absolute atomic E-state index is 0.440. The summed E-state index contributed by atoms with van der Waals surface area (Å²) in [6, 6.07) is 10.8. The van der Waals surface area contributed by atoms with Crippen molar-refractivity contribution in [1.82, 2.24) is 5.43 Å². The molecule has 0 aromatic heterocycles. The van der Waals surface area contributed by atoms with Crippen molar-refractivity contribution in [2.75, 3.05) is 20.3 Å². The van der Waals surface area contributed by atoms with Crippen LogP contribution in [0.1, 0.15) is 23.1 Å². The highest BCUT2D eigenvalue weighted by Crippen LogP contribution is 2.30. The Kier molecular flexibility index (Phi) is 7.49. The summed E-state index contributed by atoms with van der Waals surface area (Å²) in [5, 5.41) is 3.77. The molecule has 2 aromatic rings. The standard InChI is InChI=1S/C20H25N3O4/c1-14-10-15(2)12-17(11-14)26-8-5-9-27-19-16(13-22-23-20(21)24)6-4-7-18(19)25-3/h4,6-7,10-13H,5,8-9H2,1-3H3,(H3,21,23,24). The molecule has 0 aliphatic heterocycles. The van der Waals surface area contributed by atoms with Gasteiger partial charge in [-0.3, -0.25) is 0 Å². The van der Waals surface area contributed by atoms with E-state index in [1.165, 1.54) is 17.3 Å². The average Bonchev–Trinajstić information content (AvgIpc) is 2.61. The summed E-state index contributed by atoms with van der Waals surface area (Å²) in [7, 11) is 1.56. The summed E-state index contributed by atoms with van der Waals surface area (Å²) < 4.78 is 17.0. The van der Waals surface area contributed by atoms with Gasteiger partial charge >= 0.3 is 6.03 Å². The molecule has 0 spiro atoms. The molecule has 7 nitrogen and oxygen atoms in total. The lowest BCUT2D eigenvalue weighted by molar-refractivity contribution is 0.240. The third-order valence-electron chi connectivity index (χ3n) is 3.61. The zero-order valence-corrected chi connectivity index (χ0v) is 15.8. The van der Waals surface area contributed by atoms with Crippen molar-refractivity contribution in [2.24, 2.45) is 10.8 Å². The van der Waals surface area contributed by atoms with Gasteiger partial charge in [-0.05, 0) is 49.2 Å². The van der Waals surface area contributed by atoms with E-state index in [2.05, 4.69) is 16.6 Å². The lowest BCUT2D eigenvalue weighted by Gasteiger charge is -2.13. The van der Waals surface area contributed by atoms with Gasteiger partial charge in [-0.15, -0.1) is 0 Å². The minimum Gasteiger partial charge on any atom is -0.493 e. The van der Waals surface area contributed by atoms with Crippen molar-refractivity contribution in [3.05, 3.63) is 53.1 Å². The zero-order chi connectivity index (χ0) is 19.6. The molecule has 0 heterocycles. The number of nitrogens with two attached hydrogens (primary N) is 1. The highest BCUT2D eigenvalue weighted by molar-refractivity contribution is 5.86. The minimum atomic E-state index is -0.736. The van der Waals surface area contributed by atoms with E-state index in [-0.39, 0.29) is 0 Å². The van der Waals surface area contributed by atoms with E-state index < -0.39 is 6.03 Å². The maximum atomic E-state index is 10.7. The number of methoxy groups -OCH3 is 1. The second-order valence-electron chi connectivity index (χ2n) is 5.99. The van der Waals surface area contributed by atoms with Crippen LogP contribution in [0.15, 0.2) is 41.5 Å². The van der Waals surface area contributed by atoms with E-state index in [0.29, 0.717) is 36.7 Å². The molecule has 27 heavy (non-hydrogen) atoms. The lowest BCUT2D eigenvalue weighted by atomic mass is 10.1. The Morgan fingerprint density at radius 3 is 2.52 bits per heavy atom. The molecule has 0 atom stereocenters. The van der Waals surface area contributed by atoms with Crippen molar-refractivity contribution in [1.29, 1.82) is 0 Å². The van der Waals surface area contributed by atoms with Gasteiger partial charge in [0.15, 0.2) is 11.5 Å². The SMILES string of the molecule is COc1cccc(C=NNC(N)=O)c1OCCCOc1cc(C)cc(C)c1. The Morgan fingerprint density at radius 1 is 1.15 bits per heavy atom. The smallest absolute Gasteiger partial charge is 0.332 e. The Hall–Kier alpha value is -3.22. The molecule has 0 radical (unpaired) electrons. The van der Waals surface area contributed by atoms with Crippen LogP contribution in [0.5, 0.6) is 17.2 Å². The predicted molar refractivity (Wildman–Crippen MR) is 105 cm³/mol. The maximum absolute atomic E-state index is 10.7. The zero-order valence-electron chi connectivity index (χ0n) is 15.8. The first-order valence-electron chi connectivity index (χ1n) is 8.59. The van der Waals surface area contributed by atoms with Crippen molar-refractivity contribution < 1.29 is 19.0 Å². The van der Waals surface area contributed by atoms with Crippen LogP contribution in [0, 0.1) is 13.8 Å². The number of amides is 2. The second-order valence-corrected chi connectivity index (χ2v) is 5.99. The lowest BCUT2D eigenvalue weighted by Crippen LogP contribution is -2.24. The topological polar surface area (TPSA) is 95.2 Å². The molecule has 2 aromatic carbocycles. The molecular formula is C20H25N3O4. The fraction of sp³-hybridized carbons (Fsp3) is 0.300. The van der Waals surface area contributed by atoms with Crippen LogP contribution in [0.25, 0.3) is 0 Å². The first kappa shape index (κ1) is 20.1.